The van der Waals surface area contributed by atoms with Gasteiger partial charge in [0.25, 0.3) is 0 Å². The van der Waals surface area contributed by atoms with Crippen LogP contribution in [0, 0.1) is 5.41 Å². The Morgan fingerprint density at radius 1 is 1.28 bits per heavy atom. The number of nitrogens with zero attached hydrogens (tertiary/aromatic N) is 1. The molecule has 2 N–H and O–H groups in total. The van der Waals surface area contributed by atoms with Crippen LogP contribution in [0.2, 0.25) is 0 Å². The number of hydrogen-bond acceptors (Lipinski definition) is 3. The lowest BCUT2D eigenvalue weighted by molar-refractivity contribution is 0.102. The molecule has 0 spiro atoms. The van der Waals surface area contributed by atoms with E-state index in [-0.39, 0.29) is 5.54 Å². The number of nitrogens with one attached hydrogen (secondary N) is 1. The lowest BCUT2D eigenvalue weighted by Crippen LogP contribution is -2.48. The second-order valence-corrected chi connectivity index (χ2v) is 7.22. The first-order valence-electron chi connectivity index (χ1n) is 7.39. The number of likely N-dealkylation sites (tertiary alicyclic amines) is 1. The third kappa shape index (κ3) is 4.87. The van der Waals surface area contributed by atoms with Crippen molar-refractivity contribution in [2.75, 3.05) is 26.2 Å². The molecule has 0 aromatic rings. The Kier molecular flexibility index (Phi) is 5.63. The number of rotatable bonds is 6. The summed E-state index contributed by atoms with van der Waals surface area (Å²) in [6.07, 6.45) is 3.56. The summed E-state index contributed by atoms with van der Waals surface area (Å²) in [4.78, 5) is 2.48. The highest BCUT2D eigenvalue weighted by molar-refractivity contribution is 4.87. The minimum atomic E-state index is 0.178. The molecular weight excluding hydrogens is 224 g/mol. The average molecular weight is 256 g/mol. The Morgan fingerprint density at radius 2 is 1.94 bits per heavy atom. The van der Waals surface area contributed by atoms with Crippen LogP contribution in [-0.2, 0) is 0 Å². The van der Waals surface area contributed by atoms with Gasteiger partial charge in [-0.2, -0.15) is 0 Å². The van der Waals surface area contributed by atoms with Crippen LogP contribution in [0.1, 0.15) is 53.9 Å². The zero-order chi connectivity index (χ0) is 13.8. The molecule has 1 aliphatic heterocycles. The zero-order valence-corrected chi connectivity index (χ0v) is 12.9. The van der Waals surface area contributed by atoms with Crippen molar-refractivity contribution < 1.29 is 5.11 Å². The van der Waals surface area contributed by atoms with Gasteiger partial charge in [-0.05, 0) is 52.0 Å². The maximum Gasteiger partial charge on any atom is 0.0586 e. The summed E-state index contributed by atoms with van der Waals surface area (Å²) in [5.41, 5.74) is 0.475. The average Bonchev–Trinajstić information content (AvgIpc) is 2.73. The summed E-state index contributed by atoms with van der Waals surface area (Å²) in [6, 6.07) is 0.394. The first kappa shape index (κ1) is 15.9. The Balaban J connectivity index is 2.53. The highest BCUT2D eigenvalue weighted by atomic mass is 16.3. The first-order chi connectivity index (χ1) is 8.29. The monoisotopic (exact) mass is 256 g/mol. The molecule has 3 nitrogen and oxygen atoms in total. The van der Waals surface area contributed by atoms with Gasteiger partial charge in [-0.1, -0.05) is 13.8 Å². The van der Waals surface area contributed by atoms with E-state index in [2.05, 4.69) is 44.8 Å². The van der Waals surface area contributed by atoms with E-state index in [9.17, 15) is 5.11 Å². The molecule has 1 heterocycles. The van der Waals surface area contributed by atoms with Gasteiger partial charge in [0, 0.05) is 24.7 Å². The Hall–Kier alpha value is -0.120. The van der Waals surface area contributed by atoms with Crippen molar-refractivity contribution in [1.82, 2.24) is 10.2 Å². The third-order valence-electron chi connectivity index (χ3n) is 4.19. The van der Waals surface area contributed by atoms with Gasteiger partial charge < -0.3 is 10.4 Å². The number of hydrogen-bond donors (Lipinski definition) is 2. The van der Waals surface area contributed by atoms with Crippen molar-refractivity contribution in [3.05, 3.63) is 0 Å². The van der Waals surface area contributed by atoms with E-state index in [4.69, 9.17) is 0 Å². The lowest BCUT2D eigenvalue weighted by atomic mass is 9.85. The minimum absolute atomic E-state index is 0.178. The van der Waals surface area contributed by atoms with Gasteiger partial charge in [0.15, 0.2) is 0 Å². The molecule has 2 unspecified atom stereocenters. The fourth-order valence-electron chi connectivity index (χ4n) is 2.57. The van der Waals surface area contributed by atoms with Gasteiger partial charge >= 0.3 is 0 Å². The summed E-state index contributed by atoms with van der Waals surface area (Å²) in [7, 11) is 0. The molecule has 0 amide bonds. The predicted molar refractivity (Wildman–Crippen MR) is 77.8 cm³/mol. The summed E-state index contributed by atoms with van der Waals surface area (Å²) < 4.78 is 0. The highest BCUT2D eigenvalue weighted by Gasteiger charge is 2.32. The number of aliphatic hydroxyl groups excluding tert-OH is 1. The Morgan fingerprint density at radius 3 is 2.44 bits per heavy atom. The van der Waals surface area contributed by atoms with E-state index >= 15 is 0 Å². The van der Waals surface area contributed by atoms with E-state index in [1.165, 1.54) is 12.8 Å². The van der Waals surface area contributed by atoms with Crippen LogP contribution in [0.15, 0.2) is 0 Å². The summed E-state index contributed by atoms with van der Waals surface area (Å²) in [5.74, 6) is 0. The number of aliphatic hydroxyl groups is 1. The SMILES string of the molecule is CCC(C)(CNC(C)(C)C)CN1CCCC1CO. The fourth-order valence-corrected chi connectivity index (χ4v) is 2.57. The molecule has 0 aliphatic carbocycles. The van der Waals surface area contributed by atoms with Crippen LogP contribution in [0.3, 0.4) is 0 Å². The van der Waals surface area contributed by atoms with Crippen molar-refractivity contribution in [2.45, 2.75) is 65.5 Å². The molecule has 0 radical (unpaired) electrons. The van der Waals surface area contributed by atoms with Crippen molar-refractivity contribution in [3.8, 4) is 0 Å². The van der Waals surface area contributed by atoms with Gasteiger partial charge in [0.05, 0.1) is 6.61 Å². The van der Waals surface area contributed by atoms with Crippen LogP contribution in [0.5, 0.6) is 0 Å². The maximum absolute atomic E-state index is 9.41. The minimum Gasteiger partial charge on any atom is -0.395 e. The van der Waals surface area contributed by atoms with E-state index < -0.39 is 0 Å². The van der Waals surface area contributed by atoms with Gasteiger partial charge in [-0.25, -0.2) is 0 Å². The van der Waals surface area contributed by atoms with Gasteiger partial charge in [0.2, 0.25) is 0 Å². The van der Waals surface area contributed by atoms with Crippen molar-refractivity contribution in [2.24, 2.45) is 5.41 Å². The second kappa shape index (κ2) is 6.36. The van der Waals surface area contributed by atoms with Gasteiger partial charge in [-0.15, -0.1) is 0 Å². The summed E-state index contributed by atoms with van der Waals surface area (Å²) in [5, 5.41) is 13.0. The van der Waals surface area contributed by atoms with E-state index in [0.29, 0.717) is 18.1 Å². The molecule has 0 aromatic heterocycles. The normalized spacial score (nSPS) is 25.3. The lowest BCUT2D eigenvalue weighted by Gasteiger charge is -2.37. The molecule has 1 fully saturated rings. The van der Waals surface area contributed by atoms with Crippen molar-refractivity contribution in [1.29, 1.82) is 0 Å². The molecular formula is C15H32N2O. The van der Waals surface area contributed by atoms with Crippen LogP contribution in [0.4, 0.5) is 0 Å². The van der Waals surface area contributed by atoms with Crippen LogP contribution in [0.25, 0.3) is 0 Å². The molecule has 1 saturated heterocycles. The summed E-state index contributed by atoms with van der Waals surface area (Å²) in [6.45, 7) is 14.9. The first-order valence-corrected chi connectivity index (χ1v) is 7.39. The maximum atomic E-state index is 9.41. The van der Waals surface area contributed by atoms with E-state index in [1.54, 1.807) is 0 Å². The molecule has 3 heteroatoms. The van der Waals surface area contributed by atoms with Crippen molar-refractivity contribution in [3.63, 3.8) is 0 Å². The standard InChI is InChI=1S/C15H32N2O/c1-6-15(5,11-16-14(2,3)4)12-17-9-7-8-13(17)10-18/h13,16,18H,6-12H2,1-5H3. The van der Waals surface area contributed by atoms with Gasteiger partial charge in [-0.3, -0.25) is 4.90 Å². The zero-order valence-electron chi connectivity index (χ0n) is 12.9. The smallest absolute Gasteiger partial charge is 0.0586 e. The molecule has 0 bridgehead atoms. The molecule has 2 atom stereocenters. The molecule has 18 heavy (non-hydrogen) atoms. The Labute approximate surface area is 113 Å². The van der Waals surface area contributed by atoms with Crippen LogP contribution >= 0.6 is 0 Å². The van der Waals surface area contributed by atoms with Crippen molar-refractivity contribution >= 4 is 0 Å². The quantitative estimate of drug-likeness (QED) is 0.765. The van der Waals surface area contributed by atoms with Crippen LogP contribution < -0.4 is 5.32 Å². The van der Waals surface area contributed by atoms with Gasteiger partial charge in [0.1, 0.15) is 0 Å². The van der Waals surface area contributed by atoms with E-state index in [1.807, 2.05) is 0 Å². The molecule has 0 aromatic carbocycles. The topological polar surface area (TPSA) is 35.5 Å². The third-order valence-corrected chi connectivity index (χ3v) is 4.19. The van der Waals surface area contributed by atoms with Crippen LogP contribution in [-0.4, -0.2) is 47.8 Å². The highest BCUT2D eigenvalue weighted by Crippen LogP contribution is 2.27. The molecule has 1 rings (SSSR count). The second-order valence-electron chi connectivity index (χ2n) is 7.22. The van der Waals surface area contributed by atoms with E-state index in [0.717, 1.165) is 26.1 Å². The predicted octanol–water partition coefficient (Wildman–Crippen LogP) is 2.25. The summed E-state index contributed by atoms with van der Waals surface area (Å²) >= 11 is 0. The Bertz CT molecular complexity index is 249. The largest absolute Gasteiger partial charge is 0.395 e. The molecule has 108 valence electrons. The fraction of sp³-hybridized carbons (Fsp3) is 1.00. The molecule has 1 aliphatic rings. The molecule has 0 saturated carbocycles.